The molecular formula is C33H25F3N4O3. The van der Waals surface area contributed by atoms with Crippen LogP contribution in [0.2, 0.25) is 0 Å². The van der Waals surface area contributed by atoms with Crippen LogP contribution in [0.25, 0.3) is 22.3 Å². The molecule has 0 radical (unpaired) electrons. The Balaban J connectivity index is 1.27. The average Bonchev–Trinajstić information content (AvgIpc) is 3.33. The van der Waals surface area contributed by atoms with E-state index in [9.17, 15) is 14.3 Å². The van der Waals surface area contributed by atoms with E-state index in [0.29, 0.717) is 22.8 Å². The Morgan fingerprint density at radius 2 is 1.79 bits per heavy atom. The summed E-state index contributed by atoms with van der Waals surface area (Å²) in [5.74, 6) is -1.85. The molecule has 1 N–H and O–H groups in total. The predicted octanol–water partition coefficient (Wildman–Crippen LogP) is 7.23. The number of rotatable bonds is 8. The zero-order valence-electron chi connectivity index (χ0n) is 23.0. The predicted molar refractivity (Wildman–Crippen MR) is 152 cm³/mol. The highest BCUT2D eigenvalue weighted by Crippen LogP contribution is 2.41. The third kappa shape index (κ3) is 5.54. The van der Waals surface area contributed by atoms with Crippen LogP contribution in [0.5, 0.6) is 5.88 Å². The zero-order valence-corrected chi connectivity index (χ0v) is 23.0. The molecule has 2 heterocycles. The molecule has 216 valence electrons. The molecule has 6 rings (SSSR count). The van der Waals surface area contributed by atoms with Gasteiger partial charge in [0.25, 0.3) is 0 Å². The van der Waals surface area contributed by atoms with Gasteiger partial charge in [-0.25, -0.2) is 27.9 Å². The van der Waals surface area contributed by atoms with Gasteiger partial charge in [-0.1, -0.05) is 19.1 Å². The molecule has 7 nitrogen and oxygen atoms in total. The van der Waals surface area contributed by atoms with Crippen molar-refractivity contribution < 1.29 is 27.8 Å². The number of benzene rings is 3. The van der Waals surface area contributed by atoms with Crippen molar-refractivity contribution in [2.24, 2.45) is 5.92 Å². The van der Waals surface area contributed by atoms with Crippen molar-refractivity contribution in [2.45, 2.75) is 38.8 Å². The van der Waals surface area contributed by atoms with E-state index in [-0.39, 0.29) is 58.5 Å². The van der Waals surface area contributed by atoms with Gasteiger partial charge in [0.05, 0.1) is 33.9 Å². The highest BCUT2D eigenvalue weighted by molar-refractivity contribution is 5.92. The quantitative estimate of drug-likeness (QED) is 0.207. The highest BCUT2D eigenvalue weighted by atomic mass is 19.1. The molecule has 1 aliphatic carbocycles. The number of aromatic nitrogens is 3. The second kappa shape index (κ2) is 11.2. The first kappa shape index (κ1) is 28.0. The van der Waals surface area contributed by atoms with E-state index in [0.717, 1.165) is 31.0 Å². The molecule has 0 amide bonds. The monoisotopic (exact) mass is 582 g/mol. The summed E-state index contributed by atoms with van der Waals surface area (Å²) in [5, 5.41) is 18.4. The zero-order chi connectivity index (χ0) is 30.2. The summed E-state index contributed by atoms with van der Waals surface area (Å²) in [6, 6.07) is 17.5. The van der Waals surface area contributed by atoms with E-state index in [1.807, 2.05) is 10.6 Å². The summed E-state index contributed by atoms with van der Waals surface area (Å²) in [5.41, 5.74) is 1.97. The summed E-state index contributed by atoms with van der Waals surface area (Å²) in [7, 11) is 0. The molecular weight excluding hydrogens is 557 g/mol. The number of carbonyl (C=O) groups is 1. The first-order chi connectivity index (χ1) is 20.7. The fourth-order valence-electron chi connectivity index (χ4n) is 5.50. The maximum absolute atomic E-state index is 15.5. The maximum atomic E-state index is 15.5. The Bertz CT molecular complexity index is 1930. The number of hydrogen-bond donors (Lipinski definition) is 1. The van der Waals surface area contributed by atoms with Crippen LogP contribution in [-0.4, -0.2) is 25.6 Å². The van der Waals surface area contributed by atoms with Crippen LogP contribution in [0.15, 0.2) is 66.7 Å². The SMILES string of the molecule is CC1CC(n2c(Cc3cc(F)c(-c4cccc(OCc5ccc(C#N)cc5F)n4)cc3F)nc3ccc(C(=O)O)cc32)C1. The summed E-state index contributed by atoms with van der Waals surface area (Å²) < 4.78 is 52.7. The topological polar surface area (TPSA) is 101 Å². The van der Waals surface area contributed by atoms with E-state index in [1.54, 1.807) is 18.2 Å². The van der Waals surface area contributed by atoms with Gasteiger partial charge in [-0.3, -0.25) is 0 Å². The summed E-state index contributed by atoms with van der Waals surface area (Å²) in [4.78, 5) is 20.5. The number of halogens is 3. The van der Waals surface area contributed by atoms with Crippen molar-refractivity contribution in [1.82, 2.24) is 14.5 Å². The Labute approximate surface area is 244 Å². The molecule has 0 aliphatic heterocycles. The fraction of sp³-hybridized carbons (Fsp3) is 0.212. The number of hydrogen-bond acceptors (Lipinski definition) is 5. The van der Waals surface area contributed by atoms with E-state index in [2.05, 4.69) is 16.9 Å². The van der Waals surface area contributed by atoms with Crippen molar-refractivity contribution >= 4 is 17.0 Å². The number of imidazole rings is 1. The fourth-order valence-corrected chi connectivity index (χ4v) is 5.50. The number of pyridine rings is 1. The first-order valence-electron chi connectivity index (χ1n) is 13.7. The normalized spacial score (nSPS) is 16.1. The second-order valence-electron chi connectivity index (χ2n) is 10.8. The van der Waals surface area contributed by atoms with Gasteiger partial charge in [-0.05, 0) is 72.9 Å². The number of nitrogens with zero attached hydrogens (tertiary/aromatic N) is 4. The number of nitriles is 1. The van der Waals surface area contributed by atoms with E-state index in [4.69, 9.17) is 10.00 Å². The second-order valence-corrected chi connectivity index (χ2v) is 10.8. The Kier molecular flexibility index (Phi) is 7.32. The third-order valence-corrected chi connectivity index (χ3v) is 7.77. The van der Waals surface area contributed by atoms with E-state index < -0.39 is 23.4 Å². The van der Waals surface area contributed by atoms with Gasteiger partial charge in [-0.15, -0.1) is 0 Å². The smallest absolute Gasteiger partial charge is 0.335 e. The molecule has 5 aromatic rings. The van der Waals surface area contributed by atoms with Crippen LogP contribution >= 0.6 is 0 Å². The van der Waals surface area contributed by atoms with Gasteiger partial charge >= 0.3 is 5.97 Å². The van der Waals surface area contributed by atoms with Crippen molar-refractivity contribution in [1.29, 1.82) is 5.26 Å². The van der Waals surface area contributed by atoms with Crippen LogP contribution in [0.4, 0.5) is 13.2 Å². The van der Waals surface area contributed by atoms with Crippen LogP contribution in [-0.2, 0) is 13.0 Å². The molecule has 0 saturated heterocycles. The average molecular weight is 583 g/mol. The number of carboxylic acid groups (broad SMARTS) is 1. The molecule has 0 bridgehead atoms. The largest absolute Gasteiger partial charge is 0.478 e. The molecule has 1 fully saturated rings. The molecule has 0 atom stereocenters. The minimum atomic E-state index is -1.05. The van der Waals surface area contributed by atoms with Crippen molar-refractivity contribution in [2.75, 3.05) is 0 Å². The maximum Gasteiger partial charge on any atom is 0.335 e. The van der Waals surface area contributed by atoms with Gasteiger partial charge in [-0.2, -0.15) is 5.26 Å². The molecule has 2 aromatic heterocycles. The van der Waals surface area contributed by atoms with Crippen molar-refractivity contribution in [3.8, 4) is 23.2 Å². The Morgan fingerprint density at radius 1 is 1.00 bits per heavy atom. The van der Waals surface area contributed by atoms with Crippen LogP contribution in [0.3, 0.4) is 0 Å². The van der Waals surface area contributed by atoms with Gasteiger partial charge in [0, 0.05) is 29.7 Å². The number of carboxylic acids is 1. The molecule has 0 spiro atoms. The van der Waals surface area contributed by atoms with Gasteiger partial charge in [0.2, 0.25) is 5.88 Å². The molecule has 43 heavy (non-hydrogen) atoms. The lowest BCUT2D eigenvalue weighted by Crippen LogP contribution is -2.26. The Hall–Kier alpha value is -5.17. The first-order valence-corrected chi connectivity index (χ1v) is 13.7. The van der Waals surface area contributed by atoms with Gasteiger partial charge < -0.3 is 14.4 Å². The van der Waals surface area contributed by atoms with Crippen molar-refractivity contribution in [3.05, 3.63) is 112 Å². The molecule has 1 saturated carbocycles. The summed E-state index contributed by atoms with van der Waals surface area (Å²) in [6.07, 6.45) is 1.78. The van der Waals surface area contributed by atoms with Crippen LogP contribution < -0.4 is 4.74 Å². The number of ether oxygens (including phenoxy) is 1. The van der Waals surface area contributed by atoms with Gasteiger partial charge in [0.1, 0.15) is 29.9 Å². The van der Waals surface area contributed by atoms with Crippen molar-refractivity contribution in [3.63, 3.8) is 0 Å². The molecule has 10 heteroatoms. The summed E-state index contributed by atoms with van der Waals surface area (Å²) in [6.45, 7) is 1.96. The minimum Gasteiger partial charge on any atom is -0.478 e. The lowest BCUT2D eigenvalue weighted by Gasteiger charge is -2.35. The van der Waals surface area contributed by atoms with E-state index in [1.165, 1.54) is 30.3 Å². The summed E-state index contributed by atoms with van der Waals surface area (Å²) >= 11 is 0. The molecule has 3 aromatic carbocycles. The van der Waals surface area contributed by atoms with Crippen LogP contribution in [0, 0.1) is 34.7 Å². The number of aromatic carboxylic acids is 1. The van der Waals surface area contributed by atoms with E-state index >= 15 is 8.78 Å². The number of fused-ring (bicyclic) bond motifs is 1. The molecule has 1 aliphatic rings. The minimum absolute atomic E-state index is 0.0116. The molecule has 0 unspecified atom stereocenters. The lowest BCUT2D eigenvalue weighted by atomic mass is 9.81. The Morgan fingerprint density at radius 3 is 2.51 bits per heavy atom. The standard InChI is InChI=1S/C33H25F3N4O3/c1-18-9-23(10-18)40-30-13-20(33(41)42)7-8-29(30)38-31(40)14-22-12-27(36)24(15-26(22)35)28-3-2-4-32(39-28)43-17-21-6-5-19(16-37)11-25(21)34/h2-8,11-13,15,18,23H,9-10,14,17H2,1H3,(H,41,42). The van der Waals surface area contributed by atoms with Gasteiger partial charge in [0.15, 0.2) is 0 Å². The van der Waals surface area contributed by atoms with Crippen LogP contribution in [0.1, 0.15) is 58.7 Å². The third-order valence-electron chi connectivity index (χ3n) is 7.77. The lowest BCUT2D eigenvalue weighted by molar-refractivity contribution is 0.0697. The highest BCUT2D eigenvalue weighted by Gasteiger charge is 2.31.